The lowest BCUT2D eigenvalue weighted by Crippen LogP contribution is -2.41. The van der Waals surface area contributed by atoms with Crippen molar-refractivity contribution < 1.29 is 9.53 Å². The number of benzene rings is 2. The van der Waals surface area contributed by atoms with Crippen LogP contribution in [0.5, 0.6) is 5.75 Å². The van der Waals surface area contributed by atoms with E-state index in [2.05, 4.69) is 12.6 Å². The molecule has 2 aromatic carbocycles. The first-order chi connectivity index (χ1) is 12.2. The Bertz CT molecular complexity index is 797. The minimum atomic E-state index is -0.0117. The molecule has 0 bridgehead atoms. The predicted molar refractivity (Wildman–Crippen MR) is 97.0 cm³/mol. The highest BCUT2D eigenvalue weighted by Crippen LogP contribution is 2.25. The van der Waals surface area contributed by atoms with Gasteiger partial charge in [-0.25, -0.2) is 0 Å². The minimum Gasteiger partial charge on any atom is -0.490 e. The fraction of sp³-hybridized carbons (Fsp3) is 0.238. The number of rotatable bonds is 4. The van der Waals surface area contributed by atoms with E-state index in [-0.39, 0.29) is 12.0 Å². The SMILES string of the molecule is C=CC(=O)N1CCC(Oc2ccc(-c3cccc(C#N)c3)cc2)CC1. The number of carbonyl (C=O) groups excluding carboxylic acids is 1. The van der Waals surface area contributed by atoms with Crippen molar-refractivity contribution in [3.8, 4) is 22.9 Å². The van der Waals surface area contributed by atoms with Crippen LogP contribution in [0.2, 0.25) is 0 Å². The summed E-state index contributed by atoms with van der Waals surface area (Å²) in [6.07, 6.45) is 3.14. The van der Waals surface area contributed by atoms with E-state index in [0.29, 0.717) is 18.7 Å². The summed E-state index contributed by atoms with van der Waals surface area (Å²) in [5.41, 5.74) is 2.72. The maximum atomic E-state index is 11.6. The first-order valence-corrected chi connectivity index (χ1v) is 8.38. The van der Waals surface area contributed by atoms with Gasteiger partial charge in [0.25, 0.3) is 0 Å². The summed E-state index contributed by atoms with van der Waals surface area (Å²) < 4.78 is 6.04. The van der Waals surface area contributed by atoms with E-state index in [1.54, 1.807) is 11.0 Å². The van der Waals surface area contributed by atoms with Gasteiger partial charge in [-0.3, -0.25) is 4.79 Å². The fourth-order valence-electron chi connectivity index (χ4n) is 3.01. The Morgan fingerprint density at radius 2 is 1.88 bits per heavy atom. The van der Waals surface area contributed by atoms with Gasteiger partial charge in [0.15, 0.2) is 0 Å². The number of amides is 1. The molecule has 4 heteroatoms. The third-order valence-electron chi connectivity index (χ3n) is 4.41. The van der Waals surface area contributed by atoms with Crippen LogP contribution in [0.4, 0.5) is 0 Å². The third-order valence-corrected chi connectivity index (χ3v) is 4.41. The standard InChI is InChI=1S/C21H20N2O2/c1-2-21(24)23-12-10-20(11-13-23)25-19-8-6-17(7-9-19)18-5-3-4-16(14-18)15-22/h2-9,14,20H,1,10-13H2. The fourth-order valence-corrected chi connectivity index (χ4v) is 3.01. The maximum absolute atomic E-state index is 11.6. The minimum absolute atomic E-state index is 0.0117. The monoisotopic (exact) mass is 332 g/mol. The van der Waals surface area contributed by atoms with Crippen LogP contribution in [0, 0.1) is 11.3 Å². The molecule has 0 spiro atoms. The van der Waals surface area contributed by atoms with Crippen molar-refractivity contribution in [3.05, 3.63) is 66.7 Å². The summed E-state index contributed by atoms with van der Waals surface area (Å²) in [4.78, 5) is 13.4. The van der Waals surface area contributed by atoms with Crippen LogP contribution in [0.15, 0.2) is 61.2 Å². The van der Waals surface area contributed by atoms with Gasteiger partial charge in [-0.15, -0.1) is 0 Å². The Morgan fingerprint density at radius 3 is 2.52 bits per heavy atom. The molecule has 1 saturated heterocycles. The molecule has 0 saturated carbocycles. The third kappa shape index (κ3) is 4.07. The van der Waals surface area contributed by atoms with Crippen molar-refractivity contribution in [2.24, 2.45) is 0 Å². The lowest BCUT2D eigenvalue weighted by atomic mass is 10.0. The van der Waals surface area contributed by atoms with Crippen LogP contribution < -0.4 is 4.74 Å². The molecule has 0 atom stereocenters. The molecule has 3 rings (SSSR count). The molecular weight excluding hydrogens is 312 g/mol. The molecule has 25 heavy (non-hydrogen) atoms. The van der Waals surface area contributed by atoms with Gasteiger partial charge in [0.1, 0.15) is 11.9 Å². The van der Waals surface area contributed by atoms with Gasteiger partial charge in [0.2, 0.25) is 5.91 Å². The zero-order valence-corrected chi connectivity index (χ0v) is 14.0. The predicted octanol–water partition coefficient (Wildman–Crippen LogP) is 3.78. The molecule has 0 aliphatic carbocycles. The number of ether oxygens (including phenoxy) is 1. The zero-order chi connectivity index (χ0) is 17.6. The number of carbonyl (C=O) groups is 1. The first kappa shape index (κ1) is 16.8. The molecule has 0 unspecified atom stereocenters. The number of hydrogen-bond donors (Lipinski definition) is 0. The van der Waals surface area contributed by atoms with Crippen molar-refractivity contribution in [1.29, 1.82) is 5.26 Å². The van der Waals surface area contributed by atoms with Crippen molar-refractivity contribution in [2.75, 3.05) is 13.1 Å². The summed E-state index contributed by atoms with van der Waals surface area (Å²) in [7, 11) is 0. The highest BCUT2D eigenvalue weighted by molar-refractivity contribution is 5.87. The molecule has 0 radical (unpaired) electrons. The summed E-state index contributed by atoms with van der Waals surface area (Å²) in [5, 5.41) is 9.00. The highest BCUT2D eigenvalue weighted by Gasteiger charge is 2.22. The van der Waals surface area contributed by atoms with Gasteiger partial charge in [-0.2, -0.15) is 5.26 Å². The van der Waals surface area contributed by atoms with Gasteiger partial charge in [-0.1, -0.05) is 30.8 Å². The van der Waals surface area contributed by atoms with E-state index in [1.807, 2.05) is 42.5 Å². The summed E-state index contributed by atoms with van der Waals surface area (Å²) in [6, 6.07) is 17.6. The molecule has 1 fully saturated rings. The van der Waals surface area contributed by atoms with Crippen LogP contribution in [-0.2, 0) is 4.79 Å². The molecular formula is C21H20N2O2. The van der Waals surface area contributed by atoms with Crippen molar-refractivity contribution >= 4 is 5.91 Å². The van der Waals surface area contributed by atoms with Gasteiger partial charge >= 0.3 is 0 Å². The normalized spacial score (nSPS) is 14.6. The lowest BCUT2D eigenvalue weighted by Gasteiger charge is -2.31. The number of nitrogens with zero attached hydrogens (tertiary/aromatic N) is 2. The Kier molecular flexibility index (Phi) is 5.15. The number of hydrogen-bond acceptors (Lipinski definition) is 3. The Balaban J connectivity index is 1.61. The molecule has 4 nitrogen and oxygen atoms in total. The van der Waals surface area contributed by atoms with Crippen molar-refractivity contribution in [2.45, 2.75) is 18.9 Å². The molecule has 1 aliphatic heterocycles. The van der Waals surface area contributed by atoms with E-state index in [4.69, 9.17) is 10.00 Å². The second-order valence-electron chi connectivity index (χ2n) is 6.06. The average molecular weight is 332 g/mol. The summed E-state index contributed by atoms with van der Waals surface area (Å²) in [6.45, 7) is 4.93. The largest absolute Gasteiger partial charge is 0.490 e. The average Bonchev–Trinajstić information content (AvgIpc) is 2.68. The van der Waals surface area contributed by atoms with Crippen LogP contribution in [0.25, 0.3) is 11.1 Å². The van der Waals surface area contributed by atoms with E-state index >= 15 is 0 Å². The van der Waals surface area contributed by atoms with E-state index in [1.165, 1.54) is 6.08 Å². The molecule has 126 valence electrons. The van der Waals surface area contributed by atoms with Gasteiger partial charge in [-0.05, 0) is 41.5 Å². The van der Waals surface area contributed by atoms with Crippen LogP contribution >= 0.6 is 0 Å². The first-order valence-electron chi connectivity index (χ1n) is 8.38. The van der Waals surface area contributed by atoms with Gasteiger partial charge < -0.3 is 9.64 Å². The van der Waals surface area contributed by atoms with Crippen LogP contribution in [0.3, 0.4) is 0 Å². The second kappa shape index (κ2) is 7.67. The topological polar surface area (TPSA) is 53.3 Å². The Hall–Kier alpha value is -3.06. The molecule has 1 amide bonds. The van der Waals surface area contributed by atoms with Gasteiger partial charge in [0, 0.05) is 25.9 Å². The van der Waals surface area contributed by atoms with Crippen molar-refractivity contribution in [3.63, 3.8) is 0 Å². The smallest absolute Gasteiger partial charge is 0.245 e. The second-order valence-corrected chi connectivity index (χ2v) is 6.06. The van der Waals surface area contributed by atoms with Gasteiger partial charge in [0.05, 0.1) is 11.6 Å². The van der Waals surface area contributed by atoms with Crippen LogP contribution in [0.1, 0.15) is 18.4 Å². The van der Waals surface area contributed by atoms with Crippen LogP contribution in [-0.4, -0.2) is 30.0 Å². The molecule has 0 N–H and O–H groups in total. The summed E-state index contributed by atoms with van der Waals surface area (Å²) >= 11 is 0. The quantitative estimate of drug-likeness (QED) is 0.801. The number of nitriles is 1. The molecule has 1 aliphatic rings. The summed E-state index contributed by atoms with van der Waals surface area (Å²) in [5.74, 6) is 0.816. The molecule has 2 aromatic rings. The Morgan fingerprint density at radius 1 is 1.16 bits per heavy atom. The number of likely N-dealkylation sites (tertiary alicyclic amines) is 1. The Labute approximate surface area is 148 Å². The van der Waals surface area contributed by atoms with E-state index < -0.39 is 0 Å². The van der Waals surface area contributed by atoms with E-state index in [0.717, 1.165) is 29.7 Å². The van der Waals surface area contributed by atoms with Crippen molar-refractivity contribution in [1.82, 2.24) is 4.90 Å². The molecule has 1 heterocycles. The highest BCUT2D eigenvalue weighted by atomic mass is 16.5. The molecule has 0 aromatic heterocycles. The van der Waals surface area contributed by atoms with E-state index in [9.17, 15) is 4.79 Å². The number of piperidine rings is 1. The zero-order valence-electron chi connectivity index (χ0n) is 14.0. The lowest BCUT2D eigenvalue weighted by molar-refractivity contribution is -0.127. The maximum Gasteiger partial charge on any atom is 0.245 e.